The molecule has 96 valence electrons. The molecular weight excluding hydrogens is 263 g/mol. The predicted molar refractivity (Wildman–Crippen MR) is 72.3 cm³/mol. The van der Waals surface area contributed by atoms with Crippen LogP contribution in [0.1, 0.15) is 6.92 Å². The second-order valence-electron chi connectivity index (χ2n) is 2.50. The van der Waals surface area contributed by atoms with Gasteiger partial charge >= 0.3 is 0 Å². The quantitative estimate of drug-likeness (QED) is 0.582. The molecule has 0 saturated carbocycles. The maximum absolute atomic E-state index is 9.91. The third-order valence-electron chi connectivity index (χ3n) is 1.30. The van der Waals surface area contributed by atoms with Crippen molar-refractivity contribution in [2.45, 2.75) is 6.92 Å². The molecule has 0 spiro atoms. The molecule has 0 aliphatic carbocycles. The van der Waals surface area contributed by atoms with Gasteiger partial charge < -0.3 is 5.11 Å². The van der Waals surface area contributed by atoms with Crippen LogP contribution in [0.2, 0.25) is 0 Å². The smallest absolute Gasteiger partial charge is 0.120 e. The average Bonchev–Trinajstić information content (AvgIpc) is 2.29. The van der Waals surface area contributed by atoms with Crippen LogP contribution in [0.5, 0.6) is 0 Å². The highest BCUT2D eigenvalue weighted by Crippen LogP contribution is 2.34. The summed E-state index contributed by atoms with van der Waals surface area (Å²) in [5, 5.41) is 7.57. The van der Waals surface area contributed by atoms with Crippen LogP contribution in [0.3, 0.4) is 0 Å². The largest absolute Gasteiger partial charge is 0.397 e. The molecule has 0 atom stereocenters. The van der Waals surface area contributed by atoms with E-state index in [0.717, 1.165) is 0 Å². The number of aliphatic hydroxyl groups excluding tert-OH is 1. The normalized spacial score (nSPS) is 8.82. The van der Waals surface area contributed by atoms with Crippen molar-refractivity contribution in [2.24, 2.45) is 0 Å². The van der Waals surface area contributed by atoms with Gasteiger partial charge in [-0.15, -0.1) is 12.4 Å². The van der Waals surface area contributed by atoms with Gasteiger partial charge in [-0.05, 0) is 25.4 Å². The Balaban J connectivity index is -0.000000440. The van der Waals surface area contributed by atoms with Crippen molar-refractivity contribution in [1.29, 1.82) is 0 Å². The standard InChI is InChI=1S/C9H9O3P.C2H6O.ClH/c10-4-1-7-13(8-2-5-11)9-3-6-12;1-2-3;/h1-3H,7-9H2;3H,2H2,1H3;1H. The predicted octanol–water partition coefficient (Wildman–Crippen LogP) is 1.05. The van der Waals surface area contributed by atoms with Crippen molar-refractivity contribution in [3.05, 3.63) is 18.2 Å². The first-order chi connectivity index (χ1) is 7.76. The molecule has 0 aliphatic heterocycles. The highest BCUT2D eigenvalue weighted by Gasteiger charge is 2.02. The molecule has 0 aromatic heterocycles. The second-order valence-corrected chi connectivity index (χ2v) is 4.94. The maximum atomic E-state index is 9.91. The van der Waals surface area contributed by atoms with Gasteiger partial charge in [0.25, 0.3) is 0 Å². The molecule has 0 bridgehead atoms. The number of rotatable bonds is 6. The van der Waals surface area contributed by atoms with Gasteiger partial charge in [0.2, 0.25) is 0 Å². The van der Waals surface area contributed by atoms with Crippen LogP contribution in [-0.2, 0) is 14.4 Å². The molecule has 0 aromatic carbocycles. The summed E-state index contributed by atoms with van der Waals surface area (Å²) >= 11 is 0. The fourth-order valence-corrected chi connectivity index (χ4v) is 2.17. The van der Waals surface area contributed by atoms with Gasteiger partial charge in [0.15, 0.2) is 0 Å². The summed E-state index contributed by atoms with van der Waals surface area (Å²) in [6.07, 6.45) is 5.87. The van der Waals surface area contributed by atoms with Crippen LogP contribution in [0.4, 0.5) is 0 Å². The monoisotopic (exact) mass is 278 g/mol. The van der Waals surface area contributed by atoms with E-state index in [1.807, 2.05) is 0 Å². The molecule has 0 rings (SSSR count). The van der Waals surface area contributed by atoms with E-state index in [1.165, 1.54) is 18.2 Å². The Morgan fingerprint density at radius 3 is 1.35 bits per heavy atom. The van der Waals surface area contributed by atoms with Gasteiger partial charge in [0.05, 0.1) is 0 Å². The molecule has 0 aliphatic rings. The Hall–Kier alpha value is -0.970. The van der Waals surface area contributed by atoms with Crippen molar-refractivity contribution < 1.29 is 19.5 Å². The van der Waals surface area contributed by atoms with Crippen LogP contribution >= 0.6 is 20.3 Å². The zero-order valence-corrected chi connectivity index (χ0v) is 11.3. The van der Waals surface area contributed by atoms with Crippen LogP contribution in [0.25, 0.3) is 0 Å². The summed E-state index contributed by atoms with van der Waals surface area (Å²) in [7, 11) is -0.532. The molecule has 0 unspecified atom stereocenters. The molecule has 0 fully saturated rings. The van der Waals surface area contributed by atoms with Crippen LogP contribution < -0.4 is 0 Å². The molecule has 17 heavy (non-hydrogen) atoms. The van der Waals surface area contributed by atoms with Crippen molar-refractivity contribution in [1.82, 2.24) is 0 Å². The Kier molecular flexibility index (Phi) is 25.6. The van der Waals surface area contributed by atoms with Crippen LogP contribution in [0.15, 0.2) is 18.2 Å². The summed E-state index contributed by atoms with van der Waals surface area (Å²) in [6.45, 7) is 1.93. The lowest BCUT2D eigenvalue weighted by Crippen LogP contribution is -1.89. The number of hydrogen-bond acceptors (Lipinski definition) is 4. The Morgan fingerprint density at radius 1 is 0.941 bits per heavy atom. The van der Waals surface area contributed by atoms with E-state index in [-0.39, 0.29) is 19.0 Å². The maximum Gasteiger partial charge on any atom is 0.120 e. The molecule has 0 radical (unpaired) electrons. The molecular formula is C11H16ClO4P. The summed E-state index contributed by atoms with van der Waals surface area (Å²) in [5.74, 6) is 5.00. The van der Waals surface area contributed by atoms with E-state index in [9.17, 15) is 14.4 Å². The zero-order chi connectivity index (χ0) is 12.6. The van der Waals surface area contributed by atoms with Gasteiger partial charge in [-0.25, -0.2) is 14.4 Å². The molecule has 1 N–H and O–H groups in total. The molecule has 0 aromatic rings. The Bertz CT molecular complexity index is 253. The Morgan fingerprint density at radius 2 is 1.18 bits per heavy atom. The van der Waals surface area contributed by atoms with E-state index in [1.54, 1.807) is 24.7 Å². The average molecular weight is 279 g/mol. The Labute approximate surface area is 108 Å². The molecule has 0 amide bonds. The number of aliphatic hydroxyl groups is 1. The first-order valence-electron chi connectivity index (χ1n) is 4.68. The lowest BCUT2D eigenvalue weighted by atomic mass is 10.7. The summed E-state index contributed by atoms with van der Waals surface area (Å²) in [5.41, 5.74) is 0. The van der Waals surface area contributed by atoms with E-state index >= 15 is 0 Å². The van der Waals surface area contributed by atoms with Gasteiger partial charge in [0.1, 0.15) is 17.8 Å². The van der Waals surface area contributed by atoms with E-state index in [4.69, 9.17) is 5.11 Å². The molecule has 0 saturated heterocycles. The van der Waals surface area contributed by atoms with E-state index in [2.05, 4.69) is 0 Å². The fourth-order valence-electron chi connectivity index (χ4n) is 0.723. The van der Waals surface area contributed by atoms with Crippen LogP contribution in [-0.4, -0.2) is 48.0 Å². The van der Waals surface area contributed by atoms with Crippen molar-refractivity contribution >= 4 is 38.2 Å². The number of halogens is 1. The highest BCUT2D eigenvalue weighted by atomic mass is 35.5. The molecule has 4 nitrogen and oxygen atoms in total. The van der Waals surface area contributed by atoms with Gasteiger partial charge in [0, 0.05) is 24.8 Å². The third-order valence-corrected chi connectivity index (χ3v) is 3.40. The van der Waals surface area contributed by atoms with Gasteiger partial charge in [-0.1, -0.05) is 7.92 Å². The van der Waals surface area contributed by atoms with Crippen molar-refractivity contribution in [3.8, 4) is 0 Å². The topological polar surface area (TPSA) is 71.4 Å². The third kappa shape index (κ3) is 21.0. The number of carbonyl (C=O) groups excluding carboxylic acids is 3. The van der Waals surface area contributed by atoms with Gasteiger partial charge in [-0.2, -0.15) is 0 Å². The number of allylic oxidation sites excluding steroid dienone is 3. The lowest BCUT2D eigenvalue weighted by molar-refractivity contribution is 0.318. The minimum Gasteiger partial charge on any atom is -0.397 e. The summed E-state index contributed by atoms with van der Waals surface area (Å²) in [6, 6.07) is 0. The fraction of sp³-hybridized carbons (Fsp3) is 0.455. The SMILES string of the molecule is CCO.Cl.O=C=CCP(CC=C=O)CC=C=O. The molecule has 6 heteroatoms. The second kappa shape index (κ2) is 20.4. The van der Waals surface area contributed by atoms with Crippen molar-refractivity contribution in [2.75, 3.05) is 25.1 Å². The zero-order valence-electron chi connectivity index (χ0n) is 9.59. The van der Waals surface area contributed by atoms with Crippen molar-refractivity contribution in [3.63, 3.8) is 0 Å². The highest BCUT2D eigenvalue weighted by molar-refractivity contribution is 7.58. The summed E-state index contributed by atoms with van der Waals surface area (Å²) < 4.78 is 0. The first-order valence-corrected chi connectivity index (χ1v) is 6.57. The van der Waals surface area contributed by atoms with Crippen LogP contribution in [0, 0.1) is 0 Å². The van der Waals surface area contributed by atoms with Gasteiger partial charge in [-0.3, -0.25) is 0 Å². The molecule has 0 heterocycles. The number of hydrogen-bond donors (Lipinski definition) is 1. The minimum atomic E-state index is -0.532. The first kappa shape index (κ1) is 21.3. The minimum absolute atomic E-state index is 0. The van der Waals surface area contributed by atoms with E-state index < -0.39 is 7.92 Å². The summed E-state index contributed by atoms with van der Waals surface area (Å²) in [4.78, 5) is 29.7. The lowest BCUT2D eigenvalue weighted by Gasteiger charge is -2.07. The van der Waals surface area contributed by atoms with E-state index in [0.29, 0.717) is 18.5 Å².